The molecule has 0 spiro atoms. The molecule has 0 atom stereocenters. The Morgan fingerprint density at radius 1 is 1.00 bits per heavy atom. The molecule has 0 fully saturated rings. The maximum atomic E-state index is 11.7. The monoisotopic (exact) mass is 348 g/mol. The lowest BCUT2D eigenvalue weighted by atomic mass is 10.0. The van der Waals surface area contributed by atoms with E-state index in [0.717, 1.165) is 35.4 Å². The van der Waals surface area contributed by atoms with Gasteiger partial charge in [-0.15, -0.1) is 12.4 Å². The largest absolute Gasteiger partial charge is 0.497 e. The van der Waals surface area contributed by atoms with Gasteiger partial charge >= 0.3 is 0 Å². The predicted molar refractivity (Wildman–Crippen MR) is 101 cm³/mol. The fourth-order valence-electron chi connectivity index (χ4n) is 2.31. The molecule has 2 N–H and O–H groups in total. The number of hydrogen-bond donors (Lipinski definition) is 2. The summed E-state index contributed by atoms with van der Waals surface area (Å²) in [6, 6.07) is 16.2. The summed E-state index contributed by atoms with van der Waals surface area (Å²) < 4.78 is 5.17. The summed E-state index contributed by atoms with van der Waals surface area (Å²) in [5.74, 6) is 0.950. The minimum atomic E-state index is 0. The standard InChI is InChI=1S/C19H24N2O2.ClH/c1-20-13-3-4-19(22)21-14-15-5-7-16(8-6-15)17-9-11-18(23-2)12-10-17;/h5-12,20H,3-4,13-14H2,1-2H3,(H,21,22);1H. The minimum Gasteiger partial charge on any atom is -0.497 e. The zero-order valence-electron chi connectivity index (χ0n) is 14.2. The van der Waals surface area contributed by atoms with Crippen LogP contribution in [0.25, 0.3) is 11.1 Å². The van der Waals surface area contributed by atoms with Crippen molar-refractivity contribution in [1.29, 1.82) is 0 Å². The molecule has 2 rings (SSSR count). The number of amides is 1. The van der Waals surface area contributed by atoms with E-state index in [1.807, 2.05) is 43.4 Å². The first kappa shape index (κ1) is 20.0. The molecule has 0 unspecified atom stereocenters. The first-order chi connectivity index (χ1) is 11.2. The van der Waals surface area contributed by atoms with Gasteiger partial charge in [-0.3, -0.25) is 4.79 Å². The Labute approximate surface area is 150 Å². The molecule has 0 aromatic heterocycles. The summed E-state index contributed by atoms with van der Waals surface area (Å²) in [7, 11) is 3.55. The summed E-state index contributed by atoms with van der Waals surface area (Å²) >= 11 is 0. The molecule has 2 aromatic rings. The summed E-state index contributed by atoms with van der Waals surface area (Å²) in [5, 5.41) is 5.99. The lowest BCUT2D eigenvalue weighted by Crippen LogP contribution is -2.23. The van der Waals surface area contributed by atoms with Crippen LogP contribution in [-0.4, -0.2) is 26.6 Å². The Hall–Kier alpha value is -2.04. The minimum absolute atomic E-state index is 0. The van der Waals surface area contributed by atoms with Crippen LogP contribution in [0.3, 0.4) is 0 Å². The zero-order valence-corrected chi connectivity index (χ0v) is 15.0. The molecule has 2 aromatic carbocycles. The molecule has 0 heterocycles. The lowest BCUT2D eigenvalue weighted by Gasteiger charge is -2.07. The van der Waals surface area contributed by atoms with E-state index in [1.54, 1.807) is 7.11 Å². The SMILES string of the molecule is CNCCCC(=O)NCc1ccc(-c2ccc(OC)cc2)cc1.Cl. The van der Waals surface area contributed by atoms with Crippen LogP contribution in [0, 0.1) is 0 Å². The lowest BCUT2D eigenvalue weighted by molar-refractivity contribution is -0.121. The Morgan fingerprint density at radius 3 is 2.12 bits per heavy atom. The molecule has 0 saturated carbocycles. The third-order valence-corrected chi connectivity index (χ3v) is 3.70. The van der Waals surface area contributed by atoms with E-state index < -0.39 is 0 Å². The topological polar surface area (TPSA) is 50.4 Å². The van der Waals surface area contributed by atoms with E-state index in [2.05, 4.69) is 22.8 Å². The van der Waals surface area contributed by atoms with E-state index in [-0.39, 0.29) is 18.3 Å². The van der Waals surface area contributed by atoms with Gasteiger partial charge in [0.1, 0.15) is 5.75 Å². The number of halogens is 1. The van der Waals surface area contributed by atoms with Crippen LogP contribution in [-0.2, 0) is 11.3 Å². The smallest absolute Gasteiger partial charge is 0.220 e. The van der Waals surface area contributed by atoms with Crippen molar-refractivity contribution in [3.63, 3.8) is 0 Å². The number of rotatable bonds is 8. The van der Waals surface area contributed by atoms with Crippen molar-refractivity contribution in [2.75, 3.05) is 20.7 Å². The van der Waals surface area contributed by atoms with E-state index in [4.69, 9.17) is 4.74 Å². The van der Waals surface area contributed by atoms with Crippen LogP contribution < -0.4 is 15.4 Å². The van der Waals surface area contributed by atoms with Crippen LogP contribution in [0.4, 0.5) is 0 Å². The van der Waals surface area contributed by atoms with Crippen LogP contribution in [0.5, 0.6) is 5.75 Å². The van der Waals surface area contributed by atoms with Gasteiger partial charge in [0.05, 0.1) is 7.11 Å². The van der Waals surface area contributed by atoms with Crippen molar-refractivity contribution in [2.45, 2.75) is 19.4 Å². The van der Waals surface area contributed by atoms with Gasteiger partial charge in [-0.2, -0.15) is 0 Å². The Bertz CT molecular complexity index is 612. The third-order valence-electron chi connectivity index (χ3n) is 3.70. The maximum absolute atomic E-state index is 11.7. The van der Waals surface area contributed by atoms with Crippen LogP contribution >= 0.6 is 12.4 Å². The highest BCUT2D eigenvalue weighted by Gasteiger charge is 2.02. The predicted octanol–water partition coefficient (Wildman–Crippen LogP) is 3.40. The van der Waals surface area contributed by atoms with Gasteiger partial charge in [0.2, 0.25) is 5.91 Å². The van der Waals surface area contributed by atoms with Gasteiger partial charge in [0.25, 0.3) is 0 Å². The molecule has 1 amide bonds. The second-order valence-electron chi connectivity index (χ2n) is 5.41. The van der Waals surface area contributed by atoms with Crippen molar-refractivity contribution in [2.24, 2.45) is 0 Å². The van der Waals surface area contributed by atoms with Crippen molar-refractivity contribution >= 4 is 18.3 Å². The molecule has 0 bridgehead atoms. The quantitative estimate of drug-likeness (QED) is 0.719. The van der Waals surface area contributed by atoms with E-state index in [1.165, 1.54) is 0 Å². The van der Waals surface area contributed by atoms with Gasteiger partial charge in [-0.25, -0.2) is 0 Å². The van der Waals surface area contributed by atoms with E-state index in [9.17, 15) is 4.79 Å². The average molecular weight is 349 g/mol. The van der Waals surface area contributed by atoms with E-state index >= 15 is 0 Å². The summed E-state index contributed by atoms with van der Waals surface area (Å²) in [6.45, 7) is 1.44. The number of hydrogen-bond acceptors (Lipinski definition) is 3. The molecule has 130 valence electrons. The first-order valence-corrected chi connectivity index (χ1v) is 7.87. The molecule has 0 saturated heterocycles. The van der Waals surface area contributed by atoms with Gasteiger partial charge < -0.3 is 15.4 Å². The van der Waals surface area contributed by atoms with Crippen LogP contribution in [0.2, 0.25) is 0 Å². The molecule has 5 heteroatoms. The molecule has 0 aliphatic rings. The molecule has 24 heavy (non-hydrogen) atoms. The molecule has 4 nitrogen and oxygen atoms in total. The number of nitrogens with one attached hydrogen (secondary N) is 2. The van der Waals surface area contributed by atoms with Gasteiger partial charge in [-0.1, -0.05) is 36.4 Å². The Morgan fingerprint density at radius 2 is 1.58 bits per heavy atom. The number of benzene rings is 2. The summed E-state index contributed by atoms with van der Waals surface area (Å²) in [6.07, 6.45) is 1.42. The summed E-state index contributed by atoms with van der Waals surface area (Å²) in [5.41, 5.74) is 3.40. The second-order valence-corrected chi connectivity index (χ2v) is 5.41. The van der Waals surface area contributed by atoms with Crippen molar-refractivity contribution in [1.82, 2.24) is 10.6 Å². The highest BCUT2D eigenvalue weighted by Crippen LogP contribution is 2.22. The zero-order chi connectivity index (χ0) is 16.5. The van der Waals surface area contributed by atoms with Crippen molar-refractivity contribution in [3.8, 4) is 16.9 Å². The molecular formula is C19H25ClN2O2. The van der Waals surface area contributed by atoms with Gasteiger partial charge in [0.15, 0.2) is 0 Å². The molecular weight excluding hydrogens is 324 g/mol. The third kappa shape index (κ3) is 6.22. The number of carbonyl (C=O) groups excluding carboxylic acids is 1. The van der Waals surface area contributed by atoms with Crippen LogP contribution in [0.1, 0.15) is 18.4 Å². The number of carbonyl (C=O) groups is 1. The second kappa shape index (κ2) is 10.7. The number of methoxy groups -OCH3 is 1. The molecule has 0 aliphatic heterocycles. The maximum Gasteiger partial charge on any atom is 0.220 e. The Kier molecular flexibility index (Phi) is 8.90. The average Bonchev–Trinajstić information content (AvgIpc) is 2.61. The van der Waals surface area contributed by atoms with Crippen molar-refractivity contribution < 1.29 is 9.53 Å². The van der Waals surface area contributed by atoms with Crippen LogP contribution in [0.15, 0.2) is 48.5 Å². The van der Waals surface area contributed by atoms with E-state index in [0.29, 0.717) is 13.0 Å². The fraction of sp³-hybridized carbons (Fsp3) is 0.316. The normalized spacial score (nSPS) is 9.92. The molecule has 0 aliphatic carbocycles. The first-order valence-electron chi connectivity index (χ1n) is 7.87. The van der Waals surface area contributed by atoms with Crippen molar-refractivity contribution in [3.05, 3.63) is 54.1 Å². The Balaban J connectivity index is 0.00000288. The van der Waals surface area contributed by atoms with Gasteiger partial charge in [-0.05, 0) is 48.8 Å². The highest BCUT2D eigenvalue weighted by atomic mass is 35.5. The fourth-order valence-corrected chi connectivity index (χ4v) is 2.31. The number of ether oxygens (including phenoxy) is 1. The summed E-state index contributed by atoms with van der Waals surface area (Å²) in [4.78, 5) is 11.7. The highest BCUT2D eigenvalue weighted by molar-refractivity contribution is 5.85. The van der Waals surface area contributed by atoms with Gasteiger partial charge in [0, 0.05) is 13.0 Å². The molecule has 0 radical (unpaired) electrons.